The van der Waals surface area contributed by atoms with Gasteiger partial charge in [0.2, 0.25) is 5.91 Å². The van der Waals surface area contributed by atoms with E-state index >= 15 is 0 Å². The lowest BCUT2D eigenvalue weighted by atomic mass is 10.1. The maximum absolute atomic E-state index is 11.5. The first-order valence-electron chi connectivity index (χ1n) is 6.56. The molecule has 2 aliphatic heterocycles. The van der Waals surface area contributed by atoms with Gasteiger partial charge in [-0.15, -0.1) is 5.10 Å². The molecule has 0 radical (unpaired) electrons. The molecule has 1 fully saturated rings. The smallest absolute Gasteiger partial charge is 0.305 e. The molecule has 1 atom stereocenters. The molecule has 9 heteroatoms. The number of carboxylic acid groups (broad SMARTS) is 1. The van der Waals surface area contributed by atoms with Crippen molar-refractivity contribution >= 4 is 47.1 Å². The number of rotatable bonds is 4. The Morgan fingerprint density at radius 1 is 1.43 bits per heavy atom. The van der Waals surface area contributed by atoms with Gasteiger partial charge in [-0.2, -0.15) is 5.10 Å². The lowest BCUT2D eigenvalue weighted by Gasteiger charge is -1.98. The lowest BCUT2D eigenvalue weighted by molar-refractivity contribution is -0.138. The summed E-state index contributed by atoms with van der Waals surface area (Å²) in [5, 5.41) is 18.4. The Labute approximate surface area is 134 Å². The van der Waals surface area contributed by atoms with Gasteiger partial charge in [0.25, 0.3) is 5.91 Å². The molecule has 1 aromatic carbocycles. The van der Waals surface area contributed by atoms with E-state index in [0.29, 0.717) is 11.1 Å². The molecular weight excluding hydrogens is 320 g/mol. The largest absolute Gasteiger partial charge is 0.481 e. The number of nitrogens with one attached hydrogen (secondary N) is 1. The third kappa shape index (κ3) is 3.34. The first-order chi connectivity index (χ1) is 11.0. The lowest BCUT2D eigenvalue weighted by Crippen LogP contribution is -2.26. The highest BCUT2D eigenvalue weighted by atomic mass is 32.2. The second kappa shape index (κ2) is 6.13. The molecule has 0 aromatic heterocycles. The predicted octanol–water partition coefficient (Wildman–Crippen LogP) is 0.656. The number of aliphatic imine (C=N–C) groups is 1. The van der Waals surface area contributed by atoms with Gasteiger partial charge in [0.1, 0.15) is 5.25 Å². The Bertz CT molecular complexity index is 800. The second-order valence-electron chi connectivity index (χ2n) is 4.75. The van der Waals surface area contributed by atoms with Crippen LogP contribution < -0.4 is 5.32 Å². The minimum absolute atomic E-state index is 0.248. The fraction of sp³-hybridized carbons (Fsp3) is 0.143. The quantitative estimate of drug-likeness (QED) is 0.620. The van der Waals surface area contributed by atoms with Gasteiger partial charge in [-0.1, -0.05) is 23.9 Å². The number of carbonyl (C=O) groups excluding carboxylic acids is 2. The summed E-state index contributed by atoms with van der Waals surface area (Å²) in [6, 6.07) is 5.18. The zero-order valence-corrected chi connectivity index (χ0v) is 12.4. The Balaban J connectivity index is 1.68. The van der Waals surface area contributed by atoms with Crippen molar-refractivity contribution in [1.29, 1.82) is 0 Å². The number of fused-ring (bicyclic) bond motifs is 1. The number of hydrogen-bond donors (Lipinski definition) is 2. The summed E-state index contributed by atoms with van der Waals surface area (Å²) >= 11 is 1.02. The minimum atomic E-state index is -1.05. The van der Waals surface area contributed by atoms with Crippen LogP contribution in [0, 0.1) is 0 Å². The van der Waals surface area contributed by atoms with Crippen LogP contribution in [0.25, 0.3) is 0 Å². The van der Waals surface area contributed by atoms with Crippen molar-refractivity contribution in [1.82, 2.24) is 5.32 Å². The Morgan fingerprint density at radius 2 is 2.26 bits per heavy atom. The SMILES string of the molecule is O=C(O)CC1SC(=NN=Cc2ccc3c(c2)C(=O)N=C3)NC1=O. The molecule has 2 heterocycles. The number of benzene rings is 1. The van der Waals surface area contributed by atoms with Crippen LogP contribution in [0.2, 0.25) is 0 Å². The van der Waals surface area contributed by atoms with Crippen LogP contribution in [0.3, 0.4) is 0 Å². The summed E-state index contributed by atoms with van der Waals surface area (Å²) in [5.74, 6) is -1.74. The molecule has 0 spiro atoms. The van der Waals surface area contributed by atoms with Crippen LogP contribution in [0.4, 0.5) is 0 Å². The third-order valence-corrected chi connectivity index (χ3v) is 4.19. The topological polar surface area (TPSA) is 121 Å². The van der Waals surface area contributed by atoms with Crippen molar-refractivity contribution in [2.24, 2.45) is 15.2 Å². The highest BCUT2D eigenvalue weighted by Gasteiger charge is 2.32. The van der Waals surface area contributed by atoms with Gasteiger partial charge in [-0.25, -0.2) is 4.99 Å². The molecule has 23 heavy (non-hydrogen) atoms. The van der Waals surface area contributed by atoms with E-state index in [-0.39, 0.29) is 17.5 Å². The summed E-state index contributed by atoms with van der Waals surface area (Å²) in [6.07, 6.45) is 2.67. The van der Waals surface area contributed by atoms with Crippen molar-refractivity contribution in [2.75, 3.05) is 0 Å². The van der Waals surface area contributed by atoms with Crippen LogP contribution >= 0.6 is 11.8 Å². The van der Waals surface area contributed by atoms with Crippen LogP contribution in [-0.4, -0.2) is 45.7 Å². The van der Waals surface area contributed by atoms with Gasteiger partial charge in [-0.3, -0.25) is 14.4 Å². The number of amidine groups is 1. The fourth-order valence-corrected chi connectivity index (χ4v) is 2.96. The molecule has 116 valence electrons. The van der Waals surface area contributed by atoms with Gasteiger partial charge >= 0.3 is 5.97 Å². The zero-order chi connectivity index (χ0) is 16.4. The highest BCUT2D eigenvalue weighted by Crippen LogP contribution is 2.22. The standard InChI is InChI=1S/C14H10N4O4S/c19-11(20)4-10-13(22)17-14(23-10)18-16-5-7-1-2-8-6-15-12(21)9(8)3-7/h1-3,5-6,10H,4H2,(H,19,20)(H,17,18,22). The molecule has 8 nitrogen and oxygen atoms in total. The molecule has 1 aromatic rings. The maximum Gasteiger partial charge on any atom is 0.305 e. The van der Waals surface area contributed by atoms with Gasteiger partial charge in [0.15, 0.2) is 5.17 Å². The first kappa shape index (κ1) is 15.1. The maximum atomic E-state index is 11.5. The molecule has 2 aliphatic rings. The van der Waals surface area contributed by atoms with Crippen molar-refractivity contribution in [3.8, 4) is 0 Å². The molecular formula is C14H10N4O4S. The van der Waals surface area contributed by atoms with Gasteiger partial charge in [0.05, 0.1) is 18.2 Å². The molecule has 3 rings (SSSR count). The number of carbonyl (C=O) groups is 3. The van der Waals surface area contributed by atoms with Crippen molar-refractivity contribution in [2.45, 2.75) is 11.7 Å². The van der Waals surface area contributed by atoms with Crippen molar-refractivity contribution in [3.63, 3.8) is 0 Å². The summed E-state index contributed by atoms with van der Waals surface area (Å²) in [7, 11) is 0. The molecule has 0 saturated carbocycles. The average Bonchev–Trinajstić information content (AvgIpc) is 3.03. The van der Waals surface area contributed by atoms with Gasteiger partial charge in [0, 0.05) is 11.8 Å². The molecule has 2 N–H and O–H groups in total. The Hall–Kier alpha value is -2.81. The summed E-state index contributed by atoms with van der Waals surface area (Å²) in [6.45, 7) is 0. The molecule has 0 bridgehead atoms. The number of amides is 2. The van der Waals surface area contributed by atoms with Crippen LogP contribution in [0.5, 0.6) is 0 Å². The molecule has 1 unspecified atom stereocenters. The van der Waals surface area contributed by atoms with Crippen LogP contribution in [-0.2, 0) is 9.59 Å². The Kier molecular flexibility index (Phi) is 4.02. The van der Waals surface area contributed by atoms with Crippen LogP contribution in [0.1, 0.15) is 27.9 Å². The van der Waals surface area contributed by atoms with E-state index in [9.17, 15) is 14.4 Å². The number of carboxylic acids is 1. The number of thioether (sulfide) groups is 1. The highest BCUT2D eigenvalue weighted by molar-refractivity contribution is 8.15. The van der Waals surface area contributed by atoms with E-state index in [4.69, 9.17) is 5.11 Å². The van der Waals surface area contributed by atoms with Crippen molar-refractivity contribution in [3.05, 3.63) is 34.9 Å². The second-order valence-corrected chi connectivity index (χ2v) is 5.94. The van der Waals surface area contributed by atoms with Gasteiger partial charge < -0.3 is 10.4 Å². The number of aliphatic carboxylic acids is 1. The van der Waals surface area contributed by atoms with Gasteiger partial charge in [-0.05, 0) is 11.6 Å². The average molecular weight is 330 g/mol. The molecule has 1 saturated heterocycles. The third-order valence-electron chi connectivity index (χ3n) is 3.12. The van der Waals surface area contributed by atoms with E-state index < -0.39 is 17.1 Å². The summed E-state index contributed by atoms with van der Waals surface area (Å²) in [5.41, 5.74) is 1.93. The van der Waals surface area contributed by atoms with Crippen molar-refractivity contribution < 1.29 is 19.5 Å². The van der Waals surface area contributed by atoms with E-state index in [1.54, 1.807) is 18.2 Å². The van der Waals surface area contributed by atoms with Crippen LogP contribution in [0.15, 0.2) is 33.4 Å². The van der Waals surface area contributed by atoms with E-state index in [1.807, 2.05) is 0 Å². The minimum Gasteiger partial charge on any atom is -0.481 e. The monoisotopic (exact) mass is 330 g/mol. The fourth-order valence-electron chi connectivity index (χ4n) is 2.04. The normalized spacial score (nSPS) is 21.2. The number of nitrogens with zero attached hydrogens (tertiary/aromatic N) is 3. The summed E-state index contributed by atoms with van der Waals surface area (Å²) in [4.78, 5) is 37.3. The van der Waals surface area contributed by atoms with E-state index in [2.05, 4.69) is 20.5 Å². The van der Waals surface area contributed by atoms with E-state index in [1.165, 1.54) is 12.4 Å². The molecule has 2 amide bonds. The number of hydrogen-bond acceptors (Lipinski definition) is 6. The summed E-state index contributed by atoms with van der Waals surface area (Å²) < 4.78 is 0. The predicted molar refractivity (Wildman–Crippen MR) is 85.2 cm³/mol. The first-order valence-corrected chi connectivity index (χ1v) is 7.43. The Morgan fingerprint density at radius 3 is 3.04 bits per heavy atom. The molecule has 0 aliphatic carbocycles. The zero-order valence-electron chi connectivity index (χ0n) is 11.6. The van der Waals surface area contributed by atoms with E-state index in [0.717, 1.165) is 17.3 Å².